The molecule has 12 heteroatoms. The van der Waals surface area contributed by atoms with Crippen LogP contribution in [0, 0.1) is 0 Å². The molecule has 0 spiro atoms. The van der Waals surface area contributed by atoms with Gasteiger partial charge in [-0.2, -0.15) is 13.2 Å². The van der Waals surface area contributed by atoms with Crippen LogP contribution in [-0.4, -0.2) is 53.1 Å². The summed E-state index contributed by atoms with van der Waals surface area (Å²) in [6.07, 6.45) is -2.02. The number of benzene rings is 2. The third-order valence-corrected chi connectivity index (χ3v) is 8.91. The monoisotopic (exact) mass is 646 g/mol. The highest BCUT2D eigenvalue weighted by Crippen LogP contribution is 2.44. The van der Waals surface area contributed by atoms with E-state index in [1.54, 1.807) is 49.9 Å². The molecule has 5 rings (SSSR count). The summed E-state index contributed by atoms with van der Waals surface area (Å²) in [7, 11) is 3.13. The first-order chi connectivity index (χ1) is 19.9. The molecule has 42 heavy (non-hydrogen) atoms. The molecule has 1 aromatic heterocycles. The van der Waals surface area contributed by atoms with Crippen LogP contribution < -0.4 is 10.9 Å². The smallest absolute Gasteiger partial charge is 0.384 e. The zero-order valence-corrected chi connectivity index (χ0v) is 24.9. The number of nitrogens with zero attached hydrogens (tertiary/aromatic N) is 3. The molecule has 1 unspecified atom stereocenters. The number of halogens is 4. The van der Waals surface area contributed by atoms with Crippen molar-refractivity contribution in [3.05, 3.63) is 91.1 Å². The first-order valence-corrected chi connectivity index (χ1v) is 14.3. The second-order valence-corrected chi connectivity index (χ2v) is 11.7. The number of aromatic nitrogens is 2. The Morgan fingerprint density at radius 1 is 1.14 bits per heavy atom. The van der Waals surface area contributed by atoms with E-state index in [-0.39, 0.29) is 34.5 Å². The molecule has 2 amide bonds. The number of carbonyl (C=O) groups excluding carboxylic acids is 2. The fraction of sp³-hybridized carbons (Fsp3) is 0.400. The highest BCUT2D eigenvalue weighted by molar-refractivity contribution is 9.10. The molecule has 1 fully saturated rings. The average Bonchev–Trinajstić information content (AvgIpc) is 2.94. The molecule has 1 aliphatic carbocycles. The molecular formula is C30H30BrF3N4O4. The predicted octanol–water partition coefficient (Wildman–Crippen LogP) is 5.03. The number of fused-ring (bicyclic) bond motifs is 1. The summed E-state index contributed by atoms with van der Waals surface area (Å²) in [5.41, 5.74) is 0.0540. The van der Waals surface area contributed by atoms with Gasteiger partial charge in [0.25, 0.3) is 17.4 Å². The van der Waals surface area contributed by atoms with Gasteiger partial charge < -0.3 is 15.0 Å². The SMILES string of the molecule is CNC(=O)c1ccc(-n2c(C3(COC)CCC3)nc3c(c2=O)CC(C)N(C(=O)c2ccc(Br)c(C(F)(F)F)c2)C3)cc1. The van der Waals surface area contributed by atoms with Crippen molar-refractivity contribution in [3.63, 3.8) is 0 Å². The Morgan fingerprint density at radius 3 is 2.38 bits per heavy atom. The fourth-order valence-electron chi connectivity index (χ4n) is 5.79. The Hall–Kier alpha value is -3.51. The van der Waals surface area contributed by atoms with E-state index in [1.165, 1.54) is 17.0 Å². The quantitative estimate of drug-likeness (QED) is 0.406. The lowest BCUT2D eigenvalue weighted by molar-refractivity contribution is -0.138. The van der Waals surface area contributed by atoms with E-state index in [2.05, 4.69) is 21.2 Å². The Morgan fingerprint density at radius 2 is 1.81 bits per heavy atom. The molecular weight excluding hydrogens is 617 g/mol. The summed E-state index contributed by atoms with van der Waals surface area (Å²) in [6, 6.07) is 9.64. The summed E-state index contributed by atoms with van der Waals surface area (Å²) in [5.74, 6) is -0.310. The van der Waals surface area contributed by atoms with Crippen molar-refractivity contribution in [2.45, 2.75) is 56.8 Å². The number of amides is 2. The first-order valence-electron chi connectivity index (χ1n) is 13.5. The van der Waals surface area contributed by atoms with Gasteiger partial charge in [-0.3, -0.25) is 19.0 Å². The summed E-state index contributed by atoms with van der Waals surface area (Å²) in [5, 5.41) is 2.58. The van der Waals surface area contributed by atoms with Crippen molar-refractivity contribution in [1.82, 2.24) is 19.8 Å². The Kier molecular flexibility index (Phi) is 8.06. The third kappa shape index (κ3) is 5.26. The summed E-state index contributed by atoms with van der Waals surface area (Å²) < 4.78 is 47.6. The van der Waals surface area contributed by atoms with Crippen molar-refractivity contribution in [1.29, 1.82) is 0 Å². The average molecular weight is 647 g/mol. The molecule has 0 bridgehead atoms. The Balaban J connectivity index is 1.59. The van der Waals surface area contributed by atoms with Gasteiger partial charge in [-0.25, -0.2) is 4.98 Å². The number of hydrogen-bond donors (Lipinski definition) is 1. The number of hydrogen-bond acceptors (Lipinski definition) is 5. The van der Waals surface area contributed by atoms with Gasteiger partial charge in [-0.05, 0) is 68.7 Å². The summed E-state index contributed by atoms with van der Waals surface area (Å²) in [6.45, 7) is 2.08. The maximum atomic E-state index is 14.2. The van der Waals surface area contributed by atoms with Crippen molar-refractivity contribution >= 4 is 27.7 Å². The van der Waals surface area contributed by atoms with Gasteiger partial charge in [0.2, 0.25) is 0 Å². The van der Waals surface area contributed by atoms with E-state index in [0.717, 1.165) is 25.3 Å². The molecule has 1 aliphatic heterocycles. The van der Waals surface area contributed by atoms with Gasteiger partial charge in [0.15, 0.2) is 0 Å². The zero-order chi connectivity index (χ0) is 30.4. The van der Waals surface area contributed by atoms with Crippen LogP contribution in [-0.2, 0) is 29.3 Å². The molecule has 1 atom stereocenters. The molecule has 1 saturated carbocycles. The lowest BCUT2D eigenvalue weighted by Gasteiger charge is -2.43. The van der Waals surface area contributed by atoms with E-state index >= 15 is 0 Å². The zero-order valence-electron chi connectivity index (χ0n) is 23.3. The van der Waals surface area contributed by atoms with Crippen LogP contribution in [0.5, 0.6) is 0 Å². The Bertz CT molecular complexity index is 1600. The van der Waals surface area contributed by atoms with Crippen LogP contribution in [0.15, 0.2) is 51.7 Å². The van der Waals surface area contributed by atoms with Gasteiger partial charge in [-0.15, -0.1) is 0 Å². The second kappa shape index (κ2) is 11.3. The maximum Gasteiger partial charge on any atom is 0.417 e. The van der Waals surface area contributed by atoms with Gasteiger partial charge in [0, 0.05) is 41.4 Å². The van der Waals surface area contributed by atoms with Crippen LogP contribution in [0.1, 0.15) is 69.5 Å². The number of nitrogens with one attached hydrogen (secondary N) is 1. The number of methoxy groups -OCH3 is 1. The van der Waals surface area contributed by atoms with E-state index in [1.807, 2.05) is 0 Å². The summed E-state index contributed by atoms with van der Waals surface area (Å²) >= 11 is 2.92. The molecule has 3 aromatic rings. The topological polar surface area (TPSA) is 93.5 Å². The minimum absolute atomic E-state index is 0.0193. The number of alkyl halides is 3. The lowest BCUT2D eigenvalue weighted by atomic mass is 9.68. The minimum Gasteiger partial charge on any atom is -0.384 e. The van der Waals surface area contributed by atoms with Gasteiger partial charge in [0.1, 0.15) is 5.82 Å². The van der Waals surface area contributed by atoms with E-state index in [4.69, 9.17) is 9.72 Å². The van der Waals surface area contributed by atoms with Gasteiger partial charge in [-0.1, -0.05) is 22.4 Å². The van der Waals surface area contributed by atoms with Crippen LogP contribution in [0.2, 0.25) is 0 Å². The standard InChI is InChI=1S/C30H30BrF3N4O4/c1-17-13-21-24(15-37(17)26(40)19-7-10-23(31)22(14-19)30(32,33)34)36-28(29(16-42-3)11-4-12-29)38(27(21)41)20-8-5-18(6-9-20)25(39)35-2/h5-10,14,17H,4,11-13,15-16H2,1-3H3,(H,35,39). The molecule has 0 radical (unpaired) electrons. The molecule has 2 aromatic carbocycles. The van der Waals surface area contributed by atoms with Crippen LogP contribution >= 0.6 is 15.9 Å². The first kappa shape index (κ1) is 30.0. The molecule has 2 heterocycles. The molecule has 2 aliphatic rings. The second-order valence-electron chi connectivity index (χ2n) is 10.9. The normalized spacial score (nSPS) is 17.8. The van der Waals surface area contributed by atoms with Crippen molar-refractivity contribution in [3.8, 4) is 5.69 Å². The van der Waals surface area contributed by atoms with Crippen LogP contribution in [0.4, 0.5) is 13.2 Å². The Labute approximate surface area is 249 Å². The van der Waals surface area contributed by atoms with Crippen molar-refractivity contribution < 1.29 is 27.5 Å². The van der Waals surface area contributed by atoms with Crippen molar-refractivity contribution in [2.24, 2.45) is 0 Å². The lowest BCUT2D eigenvalue weighted by Crippen LogP contribution is -2.49. The maximum absolute atomic E-state index is 14.2. The van der Waals surface area contributed by atoms with Crippen LogP contribution in [0.3, 0.4) is 0 Å². The minimum atomic E-state index is -4.63. The predicted molar refractivity (Wildman–Crippen MR) is 153 cm³/mol. The highest BCUT2D eigenvalue weighted by Gasteiger charge is 2.44. The van der Waals surface area contributed by atoms with Crippen molar-refractivity contribution in [2.75, 3.05) is 20.8 Å². The number of rotatable bonds is 6. The fourth-order valence-corrected chi connectivity index (χ4v) is 6.26. The van der Waals surface area contributed by atoms with E-state index in [9.17, 15) is 27.6 Å². The molecule has 222 valence electrons. The largest absolute Gasteiger partial charge is 0.417 e. The molecule has 8 nitrogen and oxygen atoms in total. The van der Waals surface area contributed by atoms with Gasteiger partial charge in [0.05, 0.1) is 35.5 Å². The van der Waals surface area contributed by atoms with E-state index in [0.29, 0.717) is 34.9 Å². The van der Waals surface area contributed by atoms with Crippen LogP contribution in [0.25, 0.3) is 5.69 Å². The van der Waals surface area contributed by atoms with Gasteiger partial charge >= 0.3 is 6.18 Å². The highest BCUT2D eigenvalue weighted by atomic mass is 79.9. The third-order valence-electron chi connectivity index (χ3n) is 8.21. The summed E-state index contributed by atoms with van der Waals surface area (Å²) in [4.78, 5) is 46.2. The number of ether oxygens (including phenoxy) is 1. The molecule has 0 saturated heterocycles. The number of carbonyl (C=O) groups is 2. The molecule has 1 N–H and O–H groups in total. The van der Waals surface area contributed by atoms with E-state index < -0.39 is 29.1 Å².